The number of rotatable bonds is 19. The summed E-state index contributed by atoms with van der Waals surface area (Å²) in [4.78, 5) is 39.0. The molecule has 0 saturated carbocycles. The molecule has 225 valence electrons. The monoisotopic (exact) mass is 613 g/mol. The van der Waals surface area contributed by atoms with Crippen molar-refractivity contribution in [2.45, 2.75) is 30.1 Å². The van der Waals surface area contributed by atoms with Gasteiger partial charge in [0.1, 0.15) is 36.6 Å². The minimum Gasteiger partial charge on any atom is -0.490 e. The Kier molecular flexibility index (Phi) is 17.0. The molecule has 14 nitrogen and oxygen atoms in total. The second-order valence-electron chi connectivity index (χ2n) is 8.26. The number of hydrogen-bond acceptors (Lipinski definition) is 13. The van der Waals surface area contributed by atoms with Crippen LogP contribution in [0.15, 0.2) is 24.3 Å². The van der Waals surface area contributed by atoms with Gasteiger partial charge in [-0.15, -0.1) is 10.1 Å². The van der Waals surface area contributed by atoms with Gasteiger partial charge in [-0.25, -0.2) is 0 Å². The first-order valence-corrected chi connectivity index (χ1v) is 15.2. The van der Waals surface area contributed by atoms with Gasteiger partial charge in [0, 0.05) is 24.7 Å². The summed E-state index contributed by atoms with van der Waals surface area (Å²) in [6.45, 7) is 0.899. The summed E-state index contributed by atoms with van der Waals surface area (Å²) in [5.74, 6) is 5.40. The van der Waals surface area contributed by atoms with Gasteiger partial charge in [0.25, 0.3) is 18.3 Å². The molecule has 0 aliphatic carbocycles. The largest absolute Gasteiger partial charge is 0.490 e. The van der Waals surface area contributed by atoms with E-state index in [0.717, 1.165) is 0 Å². The number of hydrogen-bond donors (Lipinski definition) is 4. The first kappa shape index (κ1) is 34.5. The third-order valence-corrected chi connectivity index (χ3v) is 7.16. The molecule has 1 heterocycles. The highest BCUT2D eigenvalue weighted by molar-refractivity contribution is 8.76. The highest BCUT2D eigenvalue weighted by Crippen LogP contribution is 2.26. The van der Waals surface area contributed by atoms with Gasteiger partial charge in [-0.3, -0.25) is 9.59 Å². The van der Waals surface area contributed by atoms with E-state index in [4.69, 9.17) is 24.7 Å². The van der Waals surface area contributed by atoms with Crippen molar-refractivity contribution in [3.8, 4) is 17.5 Å². The Labute approximate surface area is 246 Å². The maximum Gasteiger partial charge on any atom is 0.294 e. The highest BCUT2D eigenvalue weighted by atomic mass is 33.1. The summed E-state index contributed by atoms with van der Waals surface area (Å²) in [6.07, 6.45) is 0.441. The molecule has 0 bridgehead atoms. The van der Waals surface area contributed by atoms with Gasteiger partial charge in [0.2, 0.25) is 5.91 Å². The zero-order chi connectivity index (χ0) is 29.9. The molecule has 2 amide bonds. The lowest BCUT2D eigenvalue weighted by Crippen LogP contribution is -2.29. The number of carbonyl (C=O) groups is 2. The Bertz CT molecular complexity index is 1030. The van der Waals surface area contributed by atoms with Crippen LogP contribution in [0, 0.1) is 21.9 Å². The zero-order valence-electron chi connectivity index (χ0n) is 22.5. The smallest absolute Gasteiger partial charge is 0.294 e. The number of carbonyl (C=O) groups excluding carboxylic acids is 2. The van der Waals surface area contributed by atoms with Crippen LogP contribution < -0.4 is 21.1 Å². The number of ether oxygens (including phenoxy) is 4. The number of aliphatic hydroxyl groups excluding tert-OH is 1. The van der Waals surface area contributed by atoms with E-state index in [-0.39, 0.29) is 56.6 Å². The molecule has 1 aliphatic heterocycles. The fraction of sp³-hybridized carbons (Fsp3) is 0.583. The number of nitrogens with two attached hydrogens (primary N) is 1. The van der Waals surface area contributed by atoms with Crippen LogP contribution in [-0.4, -0.2) is 112 Å². The lowest BCUT2D eigenvalue weighted by molar-refractivity contribution is -0.769. The number of nitrogens with one attached hydrogen (secondary N) is 2. The predicted molar refractivity (Wildman–Crippen MR) is 154 cm³/mol. The summed E-state index contributed by atoms with van der Waals surface area (Å²) >= 11 is 0. The van der Waals surface area contributed by atoms with Gasteiger partial charge in [0.05, 0.1) is 26.4 Å². The van der Waals surface area contributed by atoms with E-state index in [1.54, 1.807) is 24.3 Å². The van der Waals surface area contributed by atoms with E-state index in [0.29, 0.717) is 24.4 Å². The molecule has 5 N–H and O–H groups in total. The van der Waals surface area contributed by atoms with Gasteiger partial charge in [-0.05, 0) is 30.9 Å². The first-order valence-electron chi connectivity index (χ1n) is 12.6. The quantitative estimate of drug-likeness (QED) is 0.0300. The Morgan fingerprint density at radius 3 is 2.93 bits per heavy atom. The summed E-state index contributed by atoms with van der Waals surface area (Å²) in [7, 11) is 4.49. The fourth-order valence-corrected chi connectivity index (χ4v) is 4.90. The van der Waals surface area contributed by atoms with Crippen molar-refractivity contribution < 1.29 is 43.6 Å². The van der Waals surface area contributed by atoms with Crippen LogP contribution in [0.3, 0.4) is 0 Å². The average Bonchev–Trinajstić information content (AvgIpc) is 3.34. The Morgan fingerprint density at radius 2 is 2.20 bits per heavy atom. The molecule has 1 fully saturated rings. The standard InChI is InChI=1S/C24H34BN4O10S2/c1-40-41-23(16-37-18-5-2-4-17(12-18)24(32)28-9-7-26)36-11-10-35-15-22(31)27-8-3-6-25-21-13-19(39-29(33)34)20(14-30)38-21/h2,4-5,12,19-21,23,30H,7-11,13-16,26H2,1H3,(H,27,31)(H,28,32)/t19-,20?,21-,23?/m1/s1. The van der Waals surface area contributed by atoms with Crippen LogP contribution >= 0.6 is 21.6 Å². The van der Waals surface area contributed by atoms with E-state index < -0.39 is 29.9 Å². The van der Waals surface area contributed by atoms with Crippen LogP contribution in [0.5, 0.6) is 5.75 Å². The summed E-state index contributed by atoms with van der Waals surface area (Å²) in [5, 5.41) is 24.1. The van der Waals surface area contributed by atoms with Crippen molar-refractivity contribution in [1.82, 2.24) is 10.6 Å². The number of nitrogens with zero attached hydrogens (tertiary/aromatic N) is 1. The minimum atomic E-state index is -0.916. The summed E-state index contributed by atoms with van der Waals surface area (Å²) < 4.78 is 22.4. The molecular weight excluding hydrogens is 579 g/mol. The topological polar surface area (TPSA) is 194 Å². The van der Waals surface area contributed by atoms with Gasteiger partial charge >= 0.3 is 0 Å². The van der Waals surface area contributed by atoms with Crippen molar-refractivity contribution >= 4 is 40.7 Å². The Morgan fingerprint density at radius 1 is 1.37 bits per heavy atom. The molecule has 17 heteroatoms. The first-order chi connectivity index (χ1) is 19.9. The van der Waals surface area contributed by atoms with Crippen molar-refractivity contribution in [1.29, 1.82) is 0 Å². The summed E-state index contributed by atoms with van der Waals surface area (Å²) in [6, 6.07) is 6.30. The highest BCUT2D eigenvalue weighted by Gasteiger charge is 2.37. The molecule has 2 rings (SSSR count). The lowest BCUT2D eigenvalue weighted by Gasteiger charge is -2.17. The SMILES string of the molecule is CSSC(COc1cccc(C(=O)NCCN)c1)OCCOCC(=O)NCC#C[B][C@H]1C[C@@H](O[N+](=O)[O-])C(CO)O1. The molecule has 1 saturated heterocycles. The predicted octanol–water partition coefficient (Wildman–Crippen LogP) is -0.410. The normalized spacial score (nSPS) is 18.5. The Hall–Kier alpha value is -2.72. The third-order valence-electron chi connectivity index (χ3n) is 5.26. The number of amides is 2. The van der Waals surface area contributed by atoms with E-state index in [2.05, 4.69) is 27.2 Å². The molecule has 1 radical (unpaired) electrons. The van der Waals surface area contributed by atoms with Crippen LogP contribution in [0.1, 0.15) is 16.8 Å². The second-order valence-corrected chi connectivity index (χ2v) is 10.9. The van der Waals surface area contributed by atoms with E-state index in [9.17, 15) is 24.8 Å². The lowest BCUT2D eigenvalue weighted by atomic mass is 9.71. The second kappa shape index (κ2) is 20.2. The van der Waals surface area contributed by atoms with Crippen LogP contribution in [0.2, 0.25) is 0 Å². The zero-order valence-corrected chi connectivity index (χ0v) is 24.2. The van der Waals surface area contributed by atoms with Crippen molar-refractivity contribution in [3.05, 3.63) is 39.9 Å². The maximum atomic E-state index is 12.1. The minimum absolute atomic E-state index is 0.0693. The average molecular weight is 614 g/mol. The van der Waals surface area contributed by atoms with Gasteiger partial charge < -0.3 is 45.3 Å². The third kappa shape index (κ3) is 14.1. The fourth-order valence-electron chi connectivity index (χ4n) is 3.43. The maximum absolute atomic E-state index is 12.1. The van der Waals surface area contributed by atoms with E-state index >= 15 is 0 Å². The van der Waals surface area contributed by atoms with E-state index in [1.165, 1.54) is 28.9 Å². The van der Waals surface area contributed by atoms with Crippen LogP contribution in [0.25, 0.3) is 0 Å². The number of benzene rings is 1. The molecule has 1 aliphatic rings. The van der Waals surface area contributed by atoms with Gasteiger partial charge in [-0.2, -0.15) is 5.82 Å². The molecule has 1 aromatic carbocycles. The molecule has 0 spiro atoms. The molecule has 41 heavy (non-hydrogen) atoms. The van der Waals surface area contributed by atoms with Crippen molar-refractivity contribution in [3.63, 3.8) is 0 Å². The summed E-state index contributed by atoms with van der Waals surface area (Å²) in [5.41, 5.74) is 5.58. The van der Waals surface area contributed by atoms with Crippen LogP contribution in [0.4, 0.5) is 0 Å². The molecule has 4 atom stereocenters. The van der Waals surface area contributed by atoms with Crippen molar-refractivity contribution in [2.24, 2.45) is 5.73 Å². The van der Waals surface area contributed by atoms with Gasteiger partial charge in [0.15, 0.2) is 0 Å². The van der Waals surface area contributed by atoms with Crippen molar-refractivity contribution in [2.75, 3.05) is 58.9 Å². The van der Waals surface area contributed by atoms with Crippen LogP contribution in [-0.2, 0) is 23.8 Å². The van der Waals surface area contributed by atoms with E-state index in [1.807, 2.05) is 6.26 Å². The molecule has 1 aromatic rings. The number of aliphatic hydroxyl groups is 1. The molecule has 2 unspecified atom stereocenters. The molecule has 0 aromatic heterocycles. The van der Waals surface area contributed by atoms with Gasteiger partial charge in [-0.1, -0.05) is 33.6 Å². The molecular formula is C24H34BN4O10S2. The Balaban J connectivity index is 1.60.